The molecule has 7 nitrogen and oxygen atoms in total. The van der Waals surface area contributed by atoms with E-state index in [4.69, 9.17) is 4.74 Å². The highest BCUT2D eigenvalue weighted by molar-refractivity contribution is 7.88. The van der Waals surface area contributed by atoms with E-state index >= 15 is 0 Å². The normalized spacial score (nSPS) is 15.3. The number of aromatic nitrogens is 1. The topological polar surface area (TPSA) is 88.6 Å². The molecule has 1 fully saturated rings. The molecule has 1 aromatic carbocycles. The van der Waals surface area contributed by atoms with Crippen LogP contribution in [0.1, 0.15) is 23.1 Å². The van der Waals surface area contributed by atoms with Crippen LogP contribution in [-0.4, -0.2) is 49.9 Å². The summed E-state index contributed by atoms with van der Waals surface area (Å²) >= 11 is 0. The third-order valence-corrected chi connectivity index (χ3v) is 6.49. The van der Waals surface area contributed by atoms with Crippen LogP contribution in [0.2, 0.25) is 0 Å². The van der Waals surface area contributed by atoms with Crippen LogP contribution in [-0.2, 0) is 38.3 Å². The van der Waals surface area contributed by atoms with Gasteiger partial charge in [-0.2, -0.15) is 4.31 Å². The maximum absolute atomic E-state index is 12.7. The van der Waals surface area contributed by atoms with E-state index < -0.39 is 10.0 Å². The van der Waals surface area contributed by atoms with Crippen molar-refractivity contribution < 1.29 is 17.9 Å². The van der Waals surface area contributed by atoms with Gasteiger partial charge in [0, 0.05) is 38.4 Å². The number of sulfonamides is 1. The fourth-order valence-electron chi connectivity index (χ4n) is 3.07. The van der Waals surface area contributed by atoms with Crippen molar-refractivity contribution in [1.82, 2.24) is 14.6 Å². The second-order valence-corrected chi connectivity index (χ2v) is 8.64. The summed E-state index contributed by atoms with van der Waals surface area (Å²) in [6.45, 7) is 1.92. The van der Waals surface area contributed by atoms with E-state index in [1.165, 1.54) is 4.31 Å². The molecule has 0 bridgehead atoms. The third-order valence-electron chi connectivity index (χ3n) is 4.66. The van der Waals surface area contributed by atoms with Crippen LogP contribution in [0, 0.1) is 0 Å². The van der Waals surface area contributed by atoms with Crippen molar-refractivity contribution in [2.45, 2.75) is 25.1 Å². The summed E-state index contributed by atoms with van der Waals surface area (Å²) in [6, 6.07) is 11.1. The number of carbonyl (C=O) groups is 1. The molecule has 28 heavy (non-hydrogen) atoms. The van der Waals surface area contributed by atoms with Crippen molar-refractivity contribution in [3.63, 3.8) is 0 Å². The number of nitrogens with zero attached hydrogens (tertiary/aromatic N) is 2. The number of carbonyl (C=O) groups excluding carboxylic acids is 1. The number of morpholine rings is 1. The Labute approximate surface area is 165 Å². The first kappa shape index (κ1) is 20.4. The molecule has 1 aromatic heterocycles. The predicted molar refractivity (Wildman–Crippen MR) is 106 cm³/mol. The molecule has 150 valence electrons. The monoisotopic (exact) mass is 403 g/mol. The predicted octanol–water partition coefficient (Wildman–Crippen LogP) is 1.49. The summed E-state index contributed by atoms with van der Waals surface area (Å²) in [5.74, 6) is -0.149. The van der Waals surface area contributed by atoms with Gasteiger partial charge in [0.25, 0.3) is 0 Å². The van der Waals surface area contributed by atoms with E-state index in [1.54, 1.807) is 18.5 Å². The van der Waals surface area contributed by atoms with Crippen LogP contribution in [0.15, 0.2) is 48.8 Å². The van der Waals surface area contributed by atoms with Gasteiger partial charge < -0.3 is 10.1 Å². The number of nitrogens with one attached hydrogen (secondary N) is 1. The molecule has 8 heteroatoms. The Kier molecular flexibility index (Phi) is 7.13. The lowest BCUT2D eigenvalue weighted by Gasteiger charge is -2.26. The van der Waals surface area contributed by atoms with Crippen molar-refractivity contribution in [3.8, 4) is 0 Å². The van der Waals surface area contributed by atoms with Crippen LogP contribution in [0.3, 0.4) is 0 Å². The average molecular weight is 404 g/mol. The summed E-state index contributed by atoms with van der Waals surface area (Å²) in [7, 11) is -3.41. The quantitative estimate of drug-likeness (QED) is 0.721. The molecule has 0 spiro atoms. The fourth-order valence-corrected chi connectivity index (χ4v) is 4.63. The zero-order valence-corrected chi connectivity index (χ0v) is 16.5. The SMILES string of the molecule is O=C(CCc1cccnc1)NCc1ccccc1CS(=O)(=O)N1CCOCC1. The number of hydrogen-bond acceptors (Lipinski definition) is 5. The first-order valence-electron chi connectivity index (χ1n) is 9.32. The highest BCUT2D eigenvalue weighted by atomic mass is 32.2. The fraction of sp³-hybridized carbons (Fsp3) is 0.400. The summed E-state index contributed by atoms with van der Waals surface area (Å²) < 4.78 is 32.1. The van der Waals surface area contributed by atoms with Gasteiger partial charge in [-0.15, -0.1) is 0 Å². The van der Waals surface area contributed by atoms with Crippen LogP contribution in [0.4, 0.5) is 0 Å². The van der Waals surface area contributed by atoms with Crippen molar-refractivity contribution in [3.05, 3.63) is 65.5 Å². The van der Waals surface area contributed by atoms with E-state index in [-0.39, 0.29) is 11.7 Å². The number of benzene rings is 1. The highest BCUT2D eigenvalue weighted by Gasteiger charge is 2.25. The molecule has 1 N–H and O–H groups in total. The van der Waals surface area contributed by atoms with E-state index in [0.29, 0.717) is 51.3 Å². The molecule has 1 amide bonds. The molecule has 0 unspecified atom stereocenters. The van der Waals surface area contributed by atoms with Gasteiger partial charge >= 0.3 is 0 Å². The maximum atomic E-state index is 12.7. The number of pyridine rings is 1. The Morgan fingerprint density at radius 1 is 1.11 bits per heavy atom. The summed E-state index contributed by atoms with van der Waals surface area (Å²) in [6.07, 6.45) is 4.43. The standard InChI is InChI=1S/C20H25N3O4S/c24-20(8-7-17-4-3-9-21-14-17)22-15-18-5-1-2-6-19(18)16-28(25,26)23-10-12-27-13-11-23/h1-6,9,14H,7-8,10-13,15-16H2,(H,22,24). The number of ether oxygens (including phenoxy) is 1. The van der Waals surface area contributed by atoms with E-state index in [9.17, 15) is 13.2 Å². The number of rotatable bonds is 8. The van der Waals surface area contributed by atoms with Crippen LogP contribution in [0.5, 0.6) is 0 Å². The molecule has 2 aromatic rings. The molecule has 1 aliphatic heterocycles. The highest BCUT2D eigenvalue weighted by Crippen LogP contribution is 2.16. The van der Waals surface area contributed by atoms with Gasteiger partial charge in [-0.3, -0.25) is 9.78 Å². The van der Waals surface area contributed by atoms with Crippen molar-refractivity contribution >= 4 is 15.9 Å². The zero-order chi connectivity index (χ0) is 19.8. The summed E-state index contributed by atoms with van der Waals surface area (Å²) in [4.78, 5) is 16.2. The molecular weight excluding hydrogens is 378 g/mol. The lowest BCUT2D eigenvalue weighted by atomic mass is 10.1. The van der Waals surface area contributed by atoms with Crippen LogP contribution < -0.4 is 5.32 Å². The molecule has 3 rings (SSSR count). The van der Waals surface area contributed by atoms with Gasteiger partial charge in [0.1, 0.15) is 0 Å². The molecule has 0 atom stereocenters. The van der Waals surface area contributed by atoms with Gasteiger partial charge in [-0.05, 0) is 29.2 Å². The molecule has 2 heterocycles. The summed E-state index contributed by atoms with van der Waals surface area (Å²) in [5.41, 5.74) is 2.53. The largest absolute Gasteiger partial charge is 0.379 e. The minimum Gasteiger partial charge on any atom is -0.379 e. The average Bonchev–Trinajstić information content (AvgIpc) is 2.73. The number of hydrogen-bond donors (Lipinski definition) is 1. The smallest absolute Gasteiger partial charge is 0.220 e. The Bertz CT molecular complexity index is 881. The zero-order valence-electron chi connectivity index (χ0n) is 15.7. The van der Waals surface area contributed by atoms with Crippen molar-refractivity contribution in [1.29, 1.82) is 0 Å². The van der Waals surface area contributed by atoms with Gasteiger partial charge in [0.05, 0.1) is 19.0 Å². The summed E-state index contributed by atoms with van der Waals surface area (Å²) in [5, 5.41) is 2.89. The van der Waals surface area contributed by atoms with E-state index in [2.05, 4.69) is 10.3 Å². The van der Waals surface area contributed by atoms with Crippen molar-refractivity contribution in [2.75, 3.05) is 26.3 Å². The molecule has 1 saturated heterocycles. The lowest BCUT2D eigenvalue weighted by molar-refractivity contribution is -0.121. The number of amides is 1. The first-order valence-corrected chi connectivity index (χ1v) is 10.9. The molecular formula is C20H25N3O4S. The van der Waals surface area contributed by atoms with Crippen molar-refractivity contribution in [2.24, 2.45) is 0 Å². The van der Waals surface area contributed by atoms with Gasteiger partial charge in [0.2, 0.25) is 15.9 Å². The second kappa shape index (κ2) is 9.77. The lowest BCUT2D eigenvalue weighted by Crippen LogP contribution is -2.41. The maximum Gasteiger partial charge on any atom is 0.220 e. The third kappa shape index (κ3) is 5.85. The molecule has 0 aliphatic carbocycles. The Hall–Kier alpha value is -2.29. The van der Waals surface area contributed by atoms with E-state index in [0.717, 1.165) is 11.1 Å². The minimum absolute atomic E-state index is 0.0744. The minimum atomic E-state index is -3.41. The molecule has 0 radical (unpaired) electrons. The number of aryl methyl sites for hydroxylation is 1. The second-order valence-electron chi connectivity index (χ2n) is 6.67. The van der Waals surface area contributed by atoms with Gasteiger partial charge in [0.15, 0.2) is 0 Å². The Balaban J connectivity index is 1.56. The Morgan fingerprint density at radius 2 is 1.86 bits per heavy atom. The first-order chi connectivity index (χ1) is 13.5. The molecule has 0 saturated carbocycles. The van der Waals surface area contributed by atoms with Crippen LogP contribution >= 0.6 is 0 Å². The Morgan fingerprint density at radius 3 is 2.57 bits per heavy atom. The molecule has 1 aliphatic rings. The van der Waals surface area contributed by atoms with Gasteiger partial charge in [-0.1, -0.05) is 30.3 Å². The van der Waals surface area contributed by atoms with Gasteiger partial charge in [-0.25, -0.2) is 8.42 Å². The van der Waals surface area contributed by atoms with E-state index in [1.807, 2.05) is 30.3 Å². The van der Waals surface area contributed by atoms with Crippen LogP contribution in [0.25, 0.3) is 0 Å².